The monoisotopic (exact) mass is 531 g/mol. The summed E-state index contributed by atoms with van der Waals surface area (Å²) in [5.74, 6) is -5.45. The molecule has 0 radical (unpaired) electrons. The second-order valence-electron chi connectivity index (χ2n) is 10.1. The highest BCUT2D eigenvalue weighted by atomic mass is 16.4. The van der Waals surface area contributed by atoms with Crippen LogP contribution in [0, 0.1) is 11.8 Å². The quantitative estimate of drug-likeness (QED) is 0.185. The van der Waals surface area contributed by atoms with Gasteiger partial charge in [0.1, 0.15) is 18.1 Å². The first-order valence-electron chi connectivity index (χ1n) is 12.5. The molecule has 8 N–H and O–H groups in total. The molecule has 0 saturated heterocycles. The molecule has 12 heteroatoms. The van der Waals surface area contributed by atoms with Crippen molar-refractivity contribution in [3.05, 3.63) is 36.0 Å². The van der Waals surface area contributed by atoms with Gasteiger partial charge in [0.25, 0.3) is 0 Å². The number of amides is 3. The van der Waals surface area contributed by atoms with E-state index in [0.717, 1.165) is 16.5 Å². The molecule has 0 aliphatic carbocycles. The van der Waals surface area contributed by atoms with Crippen molar-refractivity contribution in [2.45, 2.75) is 71.1 Å². The van der Waals surface area contributed by atoms with E-state index in [9.17, 15) is 34.2 Å². The molecule has 208 valence electrons. The molecule has 3 amide bonds. The van der Waals surface area contributed by atoms with Gasteiger partial charge in [0.2, 0.25) is 17.7 Å². The highest BCUT2D eigenvalue weighted by Gasteiger charge is 2.33. The molecule has 0 spiro atoms. The number of carbonyl (C=O) groups is 5. The van der Waals surface area contributed by atoms with E-state index in [2.05, 4.69) is 20.9 Å². The lowest BCUT2D eigenvalue weighted by molar-refractivity contribution is -0.144. The lowest BCUT2D eigenvalue weighted by Gasteiger charge is -2.26. The number of hydrogen-bond acceptors (Lipinski definition) is 6. The number of aromatic nitrogens is 1. The summed E-state index contributed by atoms with van der Waals surface area (Å²) in [6.07, 6.45) is 1.32. The van der Waals surface area contributed by atoms with Crippen LogP contribution in [0.15, 0.2) is 30.5 Å². The highest BCUT2D eigenvalue weighted by molar-refractivity contribution is 5.96. The zero-order valence-corrected chi connectivity index (χ0v) is 22.0. The van der Waals surface area contributed by atoms with E-state index in [4.69, 9.17) is 5.73 Å². The maximum absolute atomic E-state index is 13.1. The van der Waals surface area contributed by atoms with Crippen molar-refractivity contribution in [2.24, 2.45) is 17.6 Å². The Morgan fingerprint density at radius 3 is 2.11 bits per heavy atom. The van der Waals surface area contributed by atoms with Crippen molar-refractivity contribution >= 4 is 40.6 Å². The fourth-order valence-corrected chi connectivity index (χ4v) is 4.04. The second kappa shape index (κ2) is 13.6. The number of carboxylic acids is 2. The predicted molar refractivity (Wildman–Crippen MR) is 140 cm³/mol. The number of nitrogens with one attached hydrogen (secondary N) is 4. The maximum Gasteiger partial charge on any atom is 0.326 e. The Balaban J connectivity index is 2.11. The summed E-state index contributed by atoms with van der Waals surface area (Å²) in [4.78, 5) is 64.7. The van der Waals surface area contributed by atoms with Gasteiger partial charge in [0.05, 0.1) is 12.5 Å². The van der Waals surface area contributed by atoms with E-state index in [1.165, 1.54) is 0 Å². The van der Waals surface area contributed by atoms with Gasteiger partial charge in [-0.1, -0.05) is 45.9 Å². The molecule has 1 aromatic heterocycles. The number of carbonyl (C=O) groups excluding carboxylic acids is 3. The van der Waals surface area contributed by atoms with E-state index >= 15 is 0 Å². The average molecular weight is 532 g/mol. The second-order valence-corrected chi connectivity index (χ2v) is 10.1. The van der Waals surface area contributed by atoms with Crippen LogP contribution in [0.2, 0.25) is 0 Å². The summed E-state index contributed by atoms with van der Waals surface area (Å²) in [5.41, 5.74) is 7.86. The minimum atomic E-state index is -1.55. The van der Waals surface area contributed by atoms with Gasteiger partial charge in [-0.3, -0.25) is 19.2 Å². The lowest BCUT2D eigenvalue weighted by Crippen LogP contribution is -2.59. The first-order valence-corrected chi connectivity index (χ1v) is 12.5. The molecule has 4 atom stereocenters. The number of nitrogens with two attached hydrogens (primary N) is 1. The van der Waals surface area contributed by atoms with Gasteiger partial charge in [0.15, 0.2) is 0 Å². The molecule has 0 saturated carbocycles. The number of rotatable bonds is 14. The summed E-state index contributed by atoms with van der Waals surface area (Å²) in [5, 5.41) is 26.8. The first kappa shape index (κ1) is 30.3. The number of H-pyrrole nitrogens is 1. The van der Waals surface area contributed by atoms with Gasteiger partial charge in [-0.25, -0.2) is 4.79 Å². The summed E-state index contributed by atoms with van der Waals surface area (Å²) < 4.78 is 0. The zero-order valence-electron chi connectivity index (χ0n) is 22.0. The van der Waals surface area contributed by atoms with Crippen LogP contribution in [0.4, 0.5) is 0 Å². The largest absolute Gasteiger partial charge is 0.481 e. The molecule has 1 heterocycles. The van der Waals surface area contributed by atoms with E-state index < -0.39 is 66.2 Å². The van der Waals surface area contributed by atoms with Crippen LogP contribution in [-0.2, 0) is 30.4 Å². The number of para-hydroxylation sites is 1. The van der Waals surface area contributed by atoms with Crippen molar-refractivity contribution in [3.8, 4) is 0 Å². The highest BCUT2D eigenvalue weighted by Crippen LogP contribution is 2.19. The molecule has 2 aromatic rings. The van der Waals surface area contributed by atoms with Crippen LogP contribution in [0.1, 0.15) is 46.1 Å². The Morgan fingerprint density at radius 2 is 1.53 bits per heavy atom. The van der Waals surface area contributed by atoms with Gasteiger partial charge in [-0.2, -0.15) is 0 Å². The summed E-state index contributed by atoms with van der Waals surface area (Å²) >= 11 is 0. The fourth-order valence-electron chi connectivity index (χ4n) is 4.04. The van der Waals surface area contributed by atoms with Gasteiger partial charge < -0.3 is 36.9 Å². The Labute approximate surface area is 220 Å². The van der Waals surface area contributed by atoms with Crippen molar-refractivity contribution < 1.29 is 34.2 Å². The molecular formula is C26H37N5O7. The van der Waals surface area contributed by atoms with Gasteiger partial charge in [-0.05, 0) is 36.3 Å². The minimum absolute atomic E-state index is 0.0575. The van der Waals surface area contributed by atoms with E-state index in [1.54, 1.807) is 33.9 Å². The standard InChI is InChI=1S/C26H37N5O7/c1-13(2)9-20(26(37)38)30-24(35)19(11-21(32)33)29-25(36)22(14(3)4)31-23(34)17(27)10-15-12-28-18-8-6-5-7-16(15)18/h5-8,12-14,17,19-20,22,28H,9-11,27H2,1-4H3,(H,29,36)(H,30,35)(H,31,34)(H,32,33)(H,37,38). The fraction of sp³-hybridized carbons (Fsp3) is 0.500. The van der Waals surface area contributed by atoms with Crippen LogP contribution >= 0.6 is 0 Å². The van der Waals surface area contributed by atoms with Crippen molar-refractivity contribution in [1.82, 2.24) is 20.9 Å². The summed E-state index contributed by atoms with van der Waals surface area (Å²) in [7, 11) is 0. The Morgan fingerprint density at radius 1 is 0.895 bits per heavy atom. The number of benzene rings is 1. The van der Waals surface area contributed by atoms with Gasteiger partial charge in [-0.15, -0.1) is 0 Å². The van der Waals surface area contributed by atoms with Gasteiger partial charge in [0, 0.05) is 17.1 Å². The molecule has 2 rings (SSSR count). The van der Waals surface area contributed by atoms with Crippen LogP contribution in [0.5, 0.6) is 0 Å². The topological polar surface area (TPSA) is 204 Å². The van der Waals surface area contributed by atoms with Crippen LogP contribution in [0.25, 0.3) is 10.9 Å². The number of carboxylic acid groups (broad SMARTS) is 2. The molecule has 38 heavy (non-hydrogen) atoms. The molecule has 4 unspecified atom stereocenters. The molecule has 0 aliphatic heterocycles. The molecular weight excluding hydrogens is 494 g/mol. The first-order chi connectivity index (χ1) is 17.8. The Hall–Kier alpha value is -3.93. The van der Waals surface area contributed by atoms with Crippen LogP contribution in [0.3, 0.4) is 0 Å². The SMILES string of the molecule is CC(C)CC(NC(=O)C(CC(=O)O)NC(=O)C(NC(=O)C(N)Cc1c[nH]c2ccccc12)C(C)C)C(=O)O. The van der Waals surface area contributed by atoms with Crippen molar-refractivity contribution in [2.75, 3.05) is 0 Å². The third-order valence-electron chi connectivity index (χ3n) is 6.03. The maximum atomic E-state index is 13.1. The van der Waals surface area contributed by atoms with Crippen molar-refractivity contribution in [3.63, 3.8) is 0 Å². The lowest BCUT2D eigenvalue weighted by atomic mass is 10.00. The van der Waals surface area contributed by atoms with E-state index in [1.807, 2.05) is 24.3 Å². The van der Waals surface area contributed by atoms with Crippen LogP contribution in [-0.4, -0.2) is 69.0 Å². The van der Waals surface area contributed by atoms with E-state index in [0.29, 0.717) is 0 Å². The number of hydrogen-bond donors (Lipinski definition) is 7. The zero-order chi connectivity index (χ0) is 28.6. The van der Waals surface area contributed by atoms with Gasteiger partial charge >= 0.3 is 11.9 Å². The smallest absolute Gasteiger partial charge is 0.326 e. The van der Waals surface area contributed by atoms with E-state index in [-0.39, 0.29) is 18.8 Å². The summed E-state index contributed by atoms with van der Waals surface area (Å²) in [6.45, 7) is 6.89. The Bertz CT molecular complexity index is 1160. The van der Waals surface area contributed by atoms with Crippen LogP contribution < -0.4 is 21.7 Å². The number of fused-ring (bicyclic) bond motifs is 1. The van der Waals surface area contributed by atoms with Crippen molar-refractivity contribution in [1.29, 1.82) is 0 Å². The molecule has 0 bridgehead atoms. The number of aromatic amines is 1. The molecule has 1 aromatic carbocycles. The third kappa shape index (κ3) is 8.58. The summed E-state index contributed by atoms with van der Waals surface area (Å²) in [6, 6.07) is 2.65. The molecule has 0 fully saturated rings. The molecule has 0 aliphatic rings. The molecule has 12 nitrogen and oxygen atoms in total. The Kier molecular flexibility index (Phi) is 10.8. The third-order valence-corrected chi connectivity index (χ3v) is 6.03. The predicted octanol–water partition coefficient (Wildman–Crippen LogP) is 0.754. The normalized spacial score (nSPS) is 14.5. The number of aliphatic carboxylic acids is 2. The minimum Gasteiger partial charge on any atom is -0.481 e. The average Bonchev–Trinajstić information content (AvgIpc) is 3.23.